The summed E-state index contributed by atoms with van der Waals surface area (Å²) in [5.41, 5.74) is 2.92. The van der Waals surface area contributed by atoms with Gasteiger partial charge in [0.2, 0.25) is 0 Å². The maximum absolute atomic E-state index is 5.96. The molecule has 1 aliphatic heterocycles. The third-order valence-corrected chi connectivity index (χ3v) is 5.44. The highest BCUT2D eigenvalue weighted by molar-refractivity contribution is 5.21. The van der Waals surface area contributed by atoms with E-state index in [1.807, 2.05) is 0 Å². The van der Waals surface area contributed by atoms with Gasteiger partial charge < -0.3 is 10.1 Å². The molecule has 2 aromatic carbocycles. The van der Waals surface area contributed by atoms with Crippen LogP contribution in [0.3, 0.4) is 0 Å². The normalized spacial score (nSPS) is 21.0. The van der Waals surface area contributed by atoms with Gasteiger partial charge in [0.1, 0.15) is 6.54 Å². The number of ether oxygens (including phenoxy) is 1. The molecule has 2 aromatic rings. The lowest BCUT2D eigenvalue weighted by Crippen LogP contribution is -2.82. The summed E-state index contributed by atoms with van der Waals surface area (Å²) in [5, 5.41) is 2.45. The van der Waals surface area contributed by atoms with Crippen molar-refractivity contribution in [2.45, 2.75) is 51.2 Å². The first-order valence-corrected chi connectivity index (χ1v) is 9.68. The van der Waals surface area contributed by atoms with E-state index in [2.05, 4.69) is 79.8 Å². The first kappa shape index (κ1) is 18.2. The average Bonchev–Trinajstić information content (AvgIpc) is 2.62. The largest absolute Gasteiger partial charge is 0.376 e. The Morgan fingerprint density at radius 1 is 1.04 bits per heavy atom. The van der Waals surface area contributed by atoms with Crippen molar-refractivity contribution >= 4 is 0 Å². The van der Waals surface area contributed by atoms with Gasteiger partial charge in [0, 0.05) is 18.6 Å². The number of hydrogen-bond acceptors (Lipinski definition) is 1. The molecule has 0 bridgehead atoms. The van der Waals surface area contributed by atoms with E-state index in [9.17, 15) is 0 Å². The smallest absolute Gasteiger partial charge is 0.101 e. The van der Waals surface area contributed by atoms with Crippen LogP contribution in [0.25, 0.3) is 0 Å². The molecule has 0 aromatic heterocycles. The Balaban J connectivity index is 1.61. The molecule has 2 atom stereocenters. The molecular formula is C23H32NO+. The Labute approximate surface area is 152 Å². The first-order chi connectivity index (χ1) is 12.1. The van der Waals surface area contributed by atoms with Crippen LogP contribution in [0.1, 0.15) is 50.2 Å². The van der Waals surface area contributed by atoms with Crippen LogP contribution in [0.5, 0.6) is 0 Å². The summed E-state index contributed by atoms with van der Waals surface area (Å²) in [6, 6.07) is 21.9. The summed E-state index contributed by atoms with van der Waals surface area (Å²) in [7, 11) is 0. The summed E-state index contributed by atoms with van der Waals surface area (Å²) in [4.78, 5) is 0. The van der Waals surface area contributed by atoms with Crippen molar-refractivity contribution in [1.82, 2.24) is 0 Å². The second-order valence-electron chi connectivity index (χ2n) is 7.93. The zero-order valence-electron chi connectivity index (χ0n) is 15.7. The van der Waals surface area contributed by atoms with Gasteiger partial charge in [-0.2, -0.15) is 0 Å². The molecule has 1 heterocycles. The second kappa shape index (κ2) is 8.64. The van der Waals surface area contributed by atoms with Gasteiger partial charge in [-0.1, -0.05) is 60.7 Å². The molecule has 0 saturated carbocycles. The lowest BCUT2D eigenvalue weighted by molar-refractivity contribution is -0.671. The number of nitrogens with two attached hydrogens (primary N) is 1. The van der Waals surface area contributed by atoms with Crippen LogP contribution >= 0.6 is 0 Å². The van der Waals surface area contributed by atoms with Crippen molar-refractivity contribution in [1.29, 1.82) is 0 Å². The highest BCUT2D eigenvalue weighted by atomic mass is 16.5. The van der Waals surface area contributed by atoms with E-state index in [0.717, 1.165) is 25.5 Å². The number of rotatable bonds is 7. The quantitative estimate of drug-likeness (QED) is 0.755. The number of quaternary nitrogens is 1. The van der Waals surface area contributed by atoms with Crippen molar-refractivity contribution in [3.05, 3.63) is 71.8 Å². The maximum Gasteiger partial charge on any atom is 0.101 e. The van der Waals surface area contributed by atoms with Gasteiger partial charge in [-0.25, -0.2) is 0 Å². The van der Waals surface area contributed by atoms with Crippen molar-refractivity contribution in [2.75, 3.05) is 13.2 Å². The minimum atomic E-state index is 0.0176. The number of hydrogen-bond donors (Lipinski definition) is 1. The lowest BCUT2D eigenvalue weighted by atomic mass is 9.75. The number of benzene rings is 2. The summed E-state index contributed by atoms with van der Waals surface area (Å²) < 4.78 is 5.96. The van der Waals surface area contributed by atoms with Crippen molar-refractivity contribution in [3.8, 4) is 0 Å². The molecular weight excluding hydrogens is 306 g/mol. The summed E-state index contributed by atoms with van der Waals surface area (Å²) in [6.07, 6.45) is 3.57. The van der Waals surface area contributed by atoms with Gasteiger partial charge >= 0.3 is 0 Å². The van der Waals surface area contributed by atoms with Crippen molar-refractivity contribution in [2.24, 2.45) is 5.92 Å². The van der Waals surface area contributed by atoms with E-state index < -0.39 is 0 Å². The SMILES string of the molecule is CC1(C)C[C@H]([C@@H](CC[NH2+]Cc2ccccc2)c2ccccc2)CCO1. The Hall–Kier alpha value is -1.64. The third kappa shape index (κ3) is 5.42. The van der Waals surface area contributed by atoms with Crippen molar-refractivity contribution < 1.29 is 10.1 Å². The van der Waals surface area contributed by atoms with Crippen LogP contribution in [0.2, 0.25) is 0 Å². The predicted molar refractivity (Wildman–Crippen MR) is 103 cm³/mol. The monoisotopic (exact) mass is 338 g/mol. The molecule has 1 saturated heterocycles. The Morgan fingerprint density at radius 3 is 2.40 bits per heavy atom. The van der Waals surface area contributed by atoms with Gasteiger partial charge in [0.05, 0.1) is 12.1 Å². The zero-order valence-corrected chi connectivity index (χ0v) is 15.7. The summed E-state index contributed by atoms with van der Waals surface area (Å²) in [5.74, 6) is 1.35. The van der Waals surface area contributed by atoms with E-state index in [4.69, 9.17) is 4.74 Å². The third-order valence-electron chi connectivity index (χ3n) is 5.44. The molecule has 25 heavy (non-hydrogen) atoms. The van der Waals surface area contributed by atoms with E-state index >= 15 is 0 Å². The van der Waals surface area contributed by atoms with Crippen LogP contribution in [0, 0.1) is 5.92 Å². The standard InChI is InChI=1S/C23H31NO/c1-23(2)17-21(14-16-25-23)22(20-11-7-4-8-12-20)13-15-24-18-19-9-5-3-6-10-19/h3-12,21-22,24H,13-18H2,1-2H3/p+1/t21-,22+/m1/s1. The molecule has 1 fully saturated rings. The van der Waals surface area contributed by atoms with Crippen LogP contribution in [0.4, 0.5) is 0 Å². The lowest BCUT2D eigenvalue weighted by Gasteiger charge is -2.39. The van der Waals surface area contributed by atoms with Crippen LogP contribution in [-0.2, 0) is 11.3 Å². The predicted octanol–water partition coefficient (Wildman–Crippen LogP) is 4.13. The first-order valence-electron chi connectivity index (χ1n) is 9.68. The molecule has 3 rings (SSSR count). The highest BCUT2D eigenvalue weighted by Gasteiger charge is 2.34. The van der Waals surface area contributed by atoms with E-state index in [1.54, 1.807) is 0 Å². The molecule has 0 aliphatic carbocycles. The Morgan fingerprint density at radius 2 is 1.72 bits per heavy atom. The Kier molecular flexibility index (Phi) is 6.28. The zero-order chi connectivity index (χ0) is 17.5. The fraction of sp³-hybridized carbons (Fsp3) is 0.478. The minimum absolute atomic E-state index is 0.0176. The second-order valence-corrected chi connectivity index (χ2v) is 7.93. The Bertz CT molecular complexity index is 623. The maximum atomic E-state index is 5.96. The average molecular weight is 339 g/mol. The fourth-order valence-corrected chi connectivity index (χ4v) is 4.18. The van der Waals surface area contributed by atoms with Crippen molar-refractivity contribution in [3.63, 3.8) is 0 Å². The van der Waals surface area contributed by atoms with Crippen LogP contribution in [-0.4, -0.2) is 18.8 Å². The molecule has 0 unspecified atom stereocenters. The van der Waals surface area contributed by atoms with Gasteiger partial charge in [-0.3, -0.25) is 0 Å². The molecule has 0 radical (unpaired) electrons. The molecule has 0 spiro atoms. The fourth-order valence-electron chi connectivity index (χ4n) is 4.18. The van der Waals surface area contributed by atoms with E-state index in [-0.39, 0.29) is 5.60 Å². The minimum Gasteiger partial charge on any atom is -0.376 e. The van der Waals surface area contributed by atoms with Crippen LogP contribution < -0.4 is 5.32 Å². The molecule has 134 valence electrons. The topological polar surface area (TPSA) is 25.8 Å². The van der Waals surface area contributed by atoms with Gasteiger partial charge in [0.25, 0.3) is 0 Å². The van der Waals surface area contributed by atoms with E-state index in [0.29, 0.717) is 5.92 Å². The molecule has 0 amide bonds. The van der Waals surface area contributed by atoms with Gasteiger partial charge in [0.15, 0.2) is 0 Å². The van der Waals surface area contributed by atoms with E-state index in [1.165, 1.54) is 30.5 Å². The highest BCUT2D eigenvalue weighted by Crippen LogP contribution is 2.39. The summed E-state index contributed by atoms with van der Waals surface area (Å²) in [6.45, 7) is 7.62. The molecule has 2 heteroatoms. The van der Waals surface area contributed by atoms with Gasteiger partial charge in [-0.15, -0.1) is 0 Å². The van der Waals surface area contributed by atoms with Crippen LogP contribution in [0.15, 0.2) is 60.7 Å². The molecule has 2 nitrogen and oxygen atoms in total. The van der Waals surface area contributed by atoms with Gasteiger partial charge in [-0.05, 0) is 44.1 Å². The molecule has 2 N–H and O–H groups in total. The molecule has 1 aliphatic rings. The summed E-state index contributed by atoms with van der Waals surface area (Å²) >= 11 is 0.